The van der Waals surface area contributed by atoms with Gasteiger partial charge in [-0.2, -0.15) is 4.98 Å². The molecule has 154 valence electrons. The summed E-state index contributed by atoms with van der Waals surface area (Å²) in [4.78, 5) is 35.6. The number of carbonyl (C=O) groups excluding carboxylic acids is 1. The molecule has 10 heteroatoms. The Bertz CT molecular complexity index is 718. The van der Waals surface area contributed by atoms with Gasteiger partial charge in [0.25, 0.3) is 0 Å². The van der Waals surface area contributed by atoms with Crippen LogP contribution in [0.5, 0.6) is 5.88 Å². The van der Waals surface area contributed by atoms with Gasteiger partial charge in [0.05, 0.1) is 13.7 Å². The maximum atomic E-state index is 12.4. The van der Waals surface area contributed by atoms with Gasteiger partial charge in [0.1, 0.15) is 12.0 Å². The van der Waals surface area contributed by atoms with Gasteiger partial charge in [0, 0.05) is 32.7 Å². The van der Waals surface area contributed by atoms with Gasteiger partial charge in [-0.25, -0.2) is 9.78 Å². The number of nitrogens with one attached hydrogen (secondary N) is 2. The molecule has 0 saturated heterocycles. The number of ether oxygens (including phenoxy) is 1. The molecule has 0 aliphatic heterocycles. The molecule has 28 heavy (non-hydrogen) atoms. The maximum Gasteiger partial charge on any atom is 0.319 e. The number of anilines is 2. The highest BCUT2D eigenvalue weighted by atomic mass is 16.5. The molecule has 2 aliphatic carbocycles. The summed E-state index contributed by atoms with van der Waals surface area (Å²) in [7, 11) is 5.12. The molecule has 3 rings (SSSR count). The Morgan fingerprint density at radius 3 is 2.57 bits per heavy atom. The largest absolute Gasteiger partial charge is 0.480 e. The lowest BCUT2D eigenvalue weighted by atomic mass is 9.85. The van der Waals surface area contributed by atoms with Gasteiger partial charge in [-0.15, -0.1) is 0 Å². The number of hydrogen-bond acceptors (Lipinski definition) is 7. The van der Waals surface area contributed by atoms with E-state index in [1.807, 2.05) is 19.0 Å². The van der Waals surface area contributed by atoms with E-state index in [0.29, 0.717) is 17.4 Å². The van der Waals surface area contributed by atoms with Crippen molar-refractivity contribution in [2.75, 3.05) is 44.5 Å². The van der Waals surface area contributed by atoms with Gasteiger partial charge < -0.3 is 25.4 Å². The second kappa shape index (κ2) is 8.59. The lowest BCUT2D eigenvalue weighted by Gasteiger charge is -2.42. The second-order valence-corrected chi connectivity index (χ2v) is 7.66. The van der Waals surface area contributed by atoms with E-state index in [0.717, 1.165) is 19.4 Å². The number of aromatic nitrogens is 2. The van der Waals surface area contributed by atoms with Crippen LogP contribution in [0, 0.1) is 5.92 Å². The van der Waals surface area contributed by atoms with Gasteiger partial charge in [-0.3, -0.25) is 9.69 Å². The molecule has 0 atom stereocenters. The zero-order valence-corrected chi connectivity index (χ0v) is 16.5. The van der Waals surface area contributed by atoms with Crippen molar-refractivity contribution in [1.29, 1.82) is 0 Å². The first-order valence-electron chi connectivity index (χ1n) is 9.47. The molecule has 0 aromatic carbocycles. The zero-order valence-electron chi connectivity index (χ0n) is 16.5. The minimum absolute atomic E-state index is 0.0129. The number of carboxylic acids is 1. The summed E-state index contributed by atoms with van der Waals surface area (Å²) in [6.45, 7) is 0.894. The smallest absolute Gasteiger partial charge is 0.319 e. The molecule has 1 aromatic rings. The molecule has 10 nitrogen and oxygen atoms in total. The Kier molecular flexibility index (Phi) is 6.18. The van der Waals surface area contributed by atoms with Crippen LogP contribution in [0.15, 0.2) is 6.33 Å². The Balaban J connectivity index is 1.53. The predicted molar refractivity (Wildman–Crippen MR) is 104 cm³/mol. The van der Waals surface area contributed by atoms with Crippen molar-refractivity contribution in [3.63, 3.8) is 0 Å². The molecular weight excluding hydrogens is 364 g/mol. The first-order chi connectivity index (χ1) is 13.4. The van der Waals surface area contributed by atoms with Gasteiger partial charge >= 0.3 is 12.0 Å². The number of nitrogens with zero attached hydrogens (tertiary/aromatic N) is 4. The van der Waals surface area contributed by atoms with Gasteiger partial charge in [0.15, 0.2) is 5.82 Å². The normalized spacial score (nSPS) is 21.0. The van der Waals surface area contributed by atoms with Gasteiger partial charge in [0.2, 0.25) is 5.88 Å². The van der Waals surface area contributed by atoms with Crippen LogP contribution in [-0.2, 0) is 4.79 Å². The molecule has 1 aromatic heterocycles. The molecule has 0 spiro atoms. The summed E-state index contributed by atoms with van der Waals surface area (Å²) < 4.78 is 5.23. The van der Waals surface area contributed by atoms with Crippen molar-refractivity contribution in [1.82, 2.24) is 20.2 Å². The minimum atomic E-state index is -0.804. The molecule has 0 radical (unpaired) electrons. The summed E-state index contributed by atoms with van der Waals surface area (Å²) in [5.41, 5.74) is 0.407. The third-order valence-electron chi connectivity index (χ3n) is 5.14. The number of rotatable bonds is 9. The molecular formula is C18H28N6O4. The van der Waals surface area contributed by atoms with Crippen LogP contribution in [0.3, 0.4) is 0 Å². The predicted octanol–water partition coefficient (Wildman–Crippen LogP) is 1.00. The number of carboxylic acid groups (broad SMARTS) is 1. The Labute approximate surface area is 164 Å². The van der Waals surface area contributed by atoms with E-state index in [4.69, 9.17) is 9.84 Å². The van der Waals surface area contributed by atoms with Crippen LogP contribution in [0.1, 0.15) is 25.7 Å². The summed E-state index contributed by atoms with van der Waals surface area (Å²) in [5.74, 6) is 0.662. The van der Waals surface area contributed by atoms with Crippen LogP contribution in [-0.4, -0.2) is 78.4 Å². The van der Waals surface area contributed by atoms with Crippen LogP contribution in [0.4, 0.5) is 16.3 Å². The van der Waals surface area contributed by atoms with Crippen LogP contribution in [0.2, 0.25) is 0 Å². The lowest BCUT2D eigenvalue weighted by molar-refractivity contribution is -0.139. The average molecular weight is 392 g/mol. The molecule has 0 unspecified atom stereocenters. The van der Waals surface area contributed by atoms with Crippen molar-refractivity contribution in [3.8, 4) is 5.88 Å². The van der Waals surface area contributed by atoms with E-state index in [2.05, 4.69) is 20.6 Å². The van der Waals surface area contributed by atoms with E-state index in [-0.39, 0.29) is 30.5 Å². The fourth-order valence-corrected chi connectivity index (χ4v) is 3.45. The third-order valence-corrected chi connectivity index (χ3v) is 5.14. The molecule has 1 heterocycles. The number of carbonyl (C=O) groups is 2. The topological polar surface area (TPSA) is 120 Å². The second-order valence-electron chi connectivity index (χ2n) is 7.66. The third kappa shape index (κ3) is 5.00. The SMILES string of the molecule is COc1ncnc(N(C)C)c1NC(=O)NC1CC(N(CC(=O)O)CC2CC2)C1. The minimum Gasteiger partial charge on any atom is -0.480 e. The van der Waals surface area contributed by atoms with Crippen molar-refractivity contribution in [3.05, 3.63) is 6.33 Å². The maximum absolute atomic E-state index is 12.4. The lowest BCUT2D eigenvalue weighted by Crippen LogP contribution is -2.55. The number of urea groups is 1. The first kappa shape index (κ1) is 20.1. The standard InChI is InChI=1S/C18H28N6O4/c1-23(2)16-15(17(28-3)20-10-19-16)22-18(27)21-12-6-13(7-12)24(9-14(25)26)8-11-4-5-11/h10-13H,4-9H2,1-3H3,(H,25,26)(H2,21,22,27). The number of amides is 2. The van der Waals surface area contributed by atoms with E-state index in [9.17, 15) is 9.59 Å². The van der Waals surface area contributed by atoms with E-state index < -0.39 is 5.97 Å². The first-order valence-corrected chi connectivity index (χ1v) is 9.47. The molecule has 2 fully saturated rings. The molecule has 3 N–H and O–H groups in total. The van der Waals surface area contributed by atoms with Crippen LogP contribution in [0.25, 0.3) is 0 Å². The van der Waals surface area contributed by atoms with Crippen LogP contribution >= 0.6 is 0 Å². The Morgan fingerprint density at radius 1 is 1.29 bits per heavy atom. The molecule has 2 amide bonds. The quantitative estimate of drug-likeness (QED) is 0.569. The Morgan fingerprint density at radius 2 is 2.00 bits per heavy atom. The fraction of sp³-hybridized carbons (Fsp3) is 0.667. The summed E-state index contributed by atoms with van der Waals surface area (Å²) in [6.07, 6.45) is 5.24. The Hall–Kier alpha value is -2.62. The molecule has 0 bridgehead atoms. The van der Waals surface area contributed by atoms with Gasteiger partial charge in [-0.05, 0) is 31.6 Å². The van der Waals surface area contributed by atoms with E-state index >= 15 is 0 Å². The van der Waals surface area contributed by atoms with Crippen LogP contribution < -0.4 is 20.3 Å². The number of hydrogen-bond donors (Lipinski definition) is 3. The molecule has 2 saturated carbocycles. The summed E-state index contributed by atoms with van der Waals surface area (Å²) >= 11 is 0. The highest BCUT2D eigenvalue weighted by Crippen LogP contribution is 2.34. The summed E-state index contributed by atoms with van der Waals surface area (Å²) in [6, 6.07) is -0.139. The van der Waals surface area contributed by atoms with Crippen molar-refractivity contribution < 1.29 is 19.4 Å². The van der Waals surface area contributed by atoms with Crippen molar-refractivity contribution in [2.24, 2.45) is 5.92 Å². The van der Waals surface area contributed by atoms with Crippen molar-refractivity contribution >= 4 is 23.5 Å². The zero-order chi connectivity index (χ0) is 20.3. The molecule has 2 aliphatic rings. The van der Waals surface area contributed by atoms with E-state index in [1.165, 1.54) is 26.3 Å². The van der Waals surface area contributed by atoms with Crippen molar-refractivity contribution in [2.45, 2.75) is 37.8 Å². The number of aliphatic carboxylic acids is 1. The summed E-state index contributed by atoms with van der Waals surface area (Å²) in [5, 5.41) is 14.8. The average Bonchev–Trinajstić information content (AvgIpc) is 3.40. The van der Waals surface area contributed by atoms with Gasteiger partial charge in [-0.1, -0.05) is 0 Å². The monoisotopic (exact) mass is 392 g/mol. The highest BCUT2D eigenvalue weighted by Gasteiger charge is 2.37. The highest BCUT2D eigenvalue weighted by molar-refractivity contribution is 5.94. The fourth-order valence-electron chi connectivity index (χ4n) is 3.45. The van der Waals surface area contributed by atoms with E-state index in [1.54, 1.807) is 4.90 Å². The number of methoxy groups -OCH3 is 1.